The molecule has 3 rings (SSSR count). The molecule has 1 fully saturated rings. The maximum atomic E-state index is 13.0. The lowest BCUT2D eigenvalue weighted by molar-refractivity contribution is -0.139. The largest absolute Gasteiger partial charge is 0.480 e. The lowest BCUT2D eigenvalue weighted by Gasteiger charge is -2.17. The van der Waals surface area contributed by atoms with Gasteiger partial charge in [0.1, 0.15) is 6.04 Å². The second kappa shape index (κ2) is 12.6. The third kappa shape index (κ3) is 7.20. The molecule has 33 heavy (non-hydrogen) atoms. The number of carboxylic acid groups (broad SMARTS) is 1. The first-order valence-corrected chi connectivity index (χ1v) is 11.7. The topological polar surface area (TPSA) is 128 Å². The molecule has 10 heteroatoms. The number of nitrogens with one attached hydrogen (secondary N) is 3. The van der Waals surface area contributed by atoms with Gasteiger partial charge >= 0.3 is 5.97 Å². The van der Waals surface area contributed by atoms with E-state index in [4.69, 9.17) is 0 Å². The van der Waals surface area contributed by atoms with Crippen LogP contribution in [0.4, 0.5) is 5.69 Å². The Morgan fingerprint density at radius 1 is 1.18 bits per heavy atom. The summed E-state index contributed by atoms with van der Waals surface area (Å²) in [4.78, 5) is 37.1. The van der Waals surface area contributed by atoms with Crippen LogP contribution >= 0.6 is 24.2 Å². The van der Waals surface area contributed by atoms with Crippen molar-refractivity contribution in [3.05, 3.63) is 54.1 Å². The molecule has 1 aliphatic heterocycles. The van der Waals surface area contributed by atoms with E-state index in [1.807, 2.05) is 36.6 Å². The highest BCUT2D eigenvalue weighted by Crippen LogP contribution is 2.28. The SMILES string of the molecule is CSCC[C@H](NC(=O)c1ccc(NC(=O)[C@@H]2CC(O)CN2)cc1-c1ccccc1)C(=O)O.Cl. The van der Waals surface area contributed by atoms with Crippen molar-refractivity contribution >= 4 is 47.6 Å². The van der Waals surface area contributed by atoms with Gasteiger partial charge in [0.2, 0.25) is 5.91 Å². The number of aliphatic hydroxyl groups excluding tert-OH is 1. The molecule has 2 aromatic carbocycles. The fraction of sp³-hybridized carbons (Fsp3) is 0.348. The lowest BCUT2D eigenvalue weighted by atomic mass is 9.98. The number of aliphatic hydroxyl groups is 1. The monoisotopic (exact) mass is 493 g/mol. The smallest absolute Gasteiger partial charge is 0.326 e. The Hall–Kier alpha value is -2.59. The quantitative estimate of drug-likeness (QED) is 0.363. The number of hydrogen-bond acceptors (Lipinski definition) is 6. The number of amides is 2. The number of aliphatic carboxylic acids is 1. The van der Waals surface area contributed by atoms with E-state index < -0.39 is 30.1 Å². The van der Waals surface area contributed by atoms with Crippen molar-refractivity contribution < 1.29 is 24.6 Å². The fourth-order valence-corrected chi connectivity index (χ4v) is 4.02. The predicted molar refractivity (Wildman–Crippen MR) is 132 cm³/mol. The van der Waals surface area contributed by atoms with Crippen LogP contribution in [0.5, 0.6) is 0 Å². The summed E-state index contributed by atoms with van der Waals surface area (Å²) in [6.07, 6.45) is 1.98. The average molecular weight is 494 g/mol. The van der Waals surface area contributed by atoms with E-state index >= 15 is 0 Å². The predicted octanol–water partition coefficient (Wildman–Crippen LogP) is 2.37. The van der Waals surface area contributed by atoms with Gasteiger partial charge in [-0.3, -0.25) is 9.59 Å². The minimum Gasteiger partial charge on any atom is -0.480 e. The van der Waals surface area contributed by atoms with E-state index in [0.29, 0.717) is 42.0 Å². The zero-order valence-electron chi connectivity index (χ0n) is 18.1. The third-order valence-corrected chi connectivity index (χ3v) is 5.90. The Morgan fingerprint density at radius 3 is 2.52 bits per heavy atom. The standard InChI is InChI=1S/C23H27N3O5S.ClH/c1-32-10-9-19(23(30)31)26-21(28)17-8-7-15(11-18(17)14-5-3-2-4-6-14)25-22(29)20-12-16(27)13-24-20;/h2-8,11,16,19-20,24,27H,9-10,12-13H2,1H3,(H,25,29)(H,26,28)(H,30,31);1H/t16?,19-,20-;/m0./s1. The summed E-state index contributed by atoms with van der Waals surface area (Å²) >= 11 is 1.51. The summed E-state index contributed by atoms with van der Waals surface area (Å²) in [5, 5.41) is 27.5. The molecule has 3 atom stereocenters. The van der Waals surface area contributed by atoms with Crippen LogP contribution in [0.1, 0.15) is 23.2 Å². The minimum absolute atomic E-state index is 0. The summed E-state index contributed by atoms with van der Waals surface area (Å²) in [5.41, 5.74) is 2.17. The van der Waals surface area contributed by atoms with Gasteiger partial charge < -0.3 is 26.2 Å². The highest BCUT2D eigenvalue weighted by Gasteiger charge is 2.28. The number of β-amino-alcohol motifs (C(OH)–C–C–N with tert-alkyl or cyclic N) is 1. The van der Waals surface area contributed by atoms with Gasteiger partial charge in [-0.15, -0.1) is 12.4 Å². The number of carbonyl (C=O) groups excluding carboxylic acids is 2. The fourth-order valence-electron chi connectivity index (χ4n) is 3.55. The number of thioether (sulfide) groups is 1. The Bertz CT molecular complexity index is 976. The third-order valence-electron chi connectivity index (χ3n) is 5.25. The maximum Gasteiger partial charge on any atom is 0.326 e. The van der Waals surface area contributed by atoms with Gasteiger partial charge in [0.25, 0.3) is 5.91 Å². The van der Waals surface area contributed by atoms with Crippen molar-refractivity contribution in [2.24, 2.45) is 0 Å². The molecular formula is C23H28ClN3O5S. The Kier molecular flexibility index (Phi) is 10.2. The van der Waals surface area contributed by atoms with Crippen LogP contribution in [0.25, 0.3) is 11.1 Å². The number of hydrogen-bond donors (Lipinski definition) is 5. The number of benzene rings is 2. The van der Waals surface area contributed by atoms with Gasteiger partial charge in [-0.05, 0) is 54.2 Å². The van der Waals surface area contributed by atoms with Gasteiger partial charge in [0.15, 0.2) is 0 Å². The normalized spacial score (nSPS) is 18.1. The summed E-state index contributed by atoms with van der Waals surface area (Å²) < 4.78 is 0. The van der Waals surface area contributed by atoms with Crippen LogP contribution in [0, 0.1) is 0 Å². The molecule has 0 bridgehead atoms. The van der Waals surface area contributed by atoms with Gasteiger partial charge in [-0.2, -0.15) is 11.8 Å². The molecule has 1 aliphatic rings. The van der Waals surface area contributed by atoms with Crippen LogP contribution in [0.15, 0.2) is 48.5 Å². The van der Waals surface area contributed by atoms with Gasteiger partial charge in [-0.1, -0.05) is 30.3 Å². The van der Waals surface area contributed by atoms with Crippen molar-refractivity contribution in [3.8, 4) is 11.1 Å². The lowest BCUT2D eigenvalue weighted by Crippen LogP contribution is -2.41. The minimum atomic E-state index is -1.08. The zero-order valence-corrected chi connectivity index (χ0v) is 19.7. The number of rotatable bonds is 9. The number of anilines is 1. The van der Waals surface area contributed by atoms with Crippen molar-refractivity contribution in [1.29, 1.82) is 0 Å². The van der Waals surface area contributed by atoms with Crippen LogP contribution in [0.2, 0.25) is 0 Å². The summed E-state index contributed by atoms with van der Waals surface area (Å²) in [7, 11) is 0. The molecule has 2 amide bonds. The molecule has 2 aromatic rings. The first-order chi connectivity index (χ1) is 15.4. The second-order valence-corrected chi connectivity index (χ2v) is 8.60. The molecule has 1 saturated heterocycles. The Balaban J connectivity index is 0.00000385. The summed E-state index contributed by atoms with van der Waals surface area (Å²) in [5.74, 6) is -1.22. The van der Waals surface area contributed by atoms with Crippen molar-refractivity contribution in [3.63, 3.8) is 0 Å². The van der Waals surface area contributed by atoms with E-state index in [2.05, 4.69) is 16.0 Å². The van der Waals surface area contributed by atoms with Crippen LogP contribution < -0.4 is 16.0 Å². The maximum absolute atomic E-state index is 13.0. The van der Waals surface area contributed by atoms with E-state index in [1.165, 1.54) is 11.8 Å². The average Bonchev–Trinajstić information content (AvgIpc) is 3.23. The molecular weight excluding hydrogens is 466 g/mol. The molecule has 8 nitrogen and oxygen atoms in total. The first kappa shape index (κ1) is 26.7. The first-order valence-electron chi connectivity index (χ1n) is 10.3. The zero-order chi connectivity index (χ0) is 23.1. The van der Waals surface area contributed by atoms with Gasteiger partial charge in [-0.25, -0.2) is 4.79 Å². The van der Waals surface area contributed by atoms with Gasteiger partial charge in [0.05, 0.1) is 12.1 Å². The van der Waals surface area contributed by atoms with Gasteiger partial charge in [0, 0.05) is 17.8 Å². The van der Waals surface area contributed by atoms with Crippen LogP contribution in [-0.4, -0.2) is 64.7 Å². The van der Waals surface area contributed by atoms with Crippen molar-refractivity contribution in [2.75, 3.05) is 23.9 Å². The molecule has 0 spiro atoms. The molecule has 178 valence electrons. The molecule has 0 radical (unpaired) electrons. The Morgan fingerprint density at radius 2 is 1.91 bits per heavy atom. The molecule has 1 unspecified atom stereocenters. The Labute approximate surface area is 202 Å². The number of halogens is 1. The summed E-state index contributed by atoms with van der Waals surface area (Å²) in [6, 6.07) is 12.6. The number of carboxylic acids is 1. The van der Waals surface area contributed by atoms with E-state index in [1.54, 1.807) is 18.2 Å². The van der Waals surface area contributed by atoms with Crippen molar-refractivity contribution in [1.82, 2.24) is 10.6 Å². The van der Waals surface area contributed by atoms with E-state index in [9.17, 15) is 24.6 Å². The molecule has 0 saturated carbocycles. The summed E-state index contributed by atoms with van der Waals surface area (Å²) in [6.45, 7) is 0.369. The number of carbonyl (C=O) groups is 3. The molecule has 0 aromatic heterocycles. The highest BCUT2D eigenvalue weighted by atomic mass is 35.5. The van der Waals surface area contributed by atoms with E-state index in [0.717, 1.165) is 5.56 Å². The highest BCUT2D eigenvalue weighted by molar-refractivity contribution is 7.98. The molecule has 0 aliphatic carbocycles. The van der Waals surface area contributed by atoms with Crippen molar-refractivity contribution in [2.45, 2.75) is 31.0 Å². The second-order valence-electron chi connectivity index (χ2n) is 7.61. The van der Waals surface area contributed by atoms with Crippen LogP contribution in [0.3, 0.4) is 0 Å². The molecule has 5 N–H and O–H groups in total. The van der Waals surface area contributed by atoms with Crippen LogP contribution in [-0.2, 0) is 9.59 Å². The van der Waals surface area contributed by atoms with E-state index in [-0.39, 0.29) is 18.3 Å². The molecule has 1 heterocycles.